The van der Waals surface area contributed by atoms with Crippen LogP contribution in [0, 0.1) is 3.57 Å². The van der Waals surface area contributed by atoms with Crippen LogP contribution in [0.5, 0.6) is 5.75 Å². The summed E-state index contributed by atoms with van der Waals surface area (Å²) in [6.45, 7) is 0. The predicted octanol–water partition coefficient (Wildman–Crippen LogP) is 5.66. The summed E-state index contributed by atoms with van der Waals surface area (Å²) in [6.07, 6.45) is 1.69. The maximum absolute atomic E-state index is 10.1. The summed E-state index contributed by atoms with van der Waals surface area (Å²) in [5.41, 5.74) is 1.56. The first-order valence-electron chi connectivity index (χ1n) is 6.34. The van der Waals surface area contributed by atoms with Crippen molar-refractivity contribution in [1.29, 1.82) is 0 Å². The molecule has 0 heterocycles. The van der Waals surface area contributed by atoms with Gasteiger partial charge in [-0.2, -0.15) is 0 Å². The Hall–Kier alpha value is -1.40. The molecule has 0 spiro atoms. The second-order valence-corrected chi connectivity index (χ2v) is 6.69. The lowest BCUT2D eigenvalue weighted by atomic mass is 10.1. The van der Waals surface area contributed by atoms with Crippen molar-refractivity contribution >= 4 is 61.2 Å². The van der Waals surface area contributed by atoms with E-state index in [0.29, 0.717) is 5.56 Å². The Morgan fingerprint density at radius 1 is 1.00 bits per heavy atom. The largest absolute Gasteiger partial charge is 0.506 e. The molecule has 0 unspecified atom stereocenters. The van der Waals surface area contributed by atoms with E-state index in [4.69, 9.17) is 0 Å². The van der Waals surface area contributed by atoms with Crippen molar-refractivity contribution in [3.63, 3.8) is 0 Å². The molecule has 3 aromatic carbocycles. The molecule has 0 saturated carbocycles. The molecule has 0 atom stereocenters. The molecule has 0 saturated heterocycles. The summed E-state index contributed by atoms with van der Waals surface area (Å²) < 4.78 is 1.71. The monoisotopic (exact) mass is 451 g/mol. The van der Waals surface area contributed by atoms with E-state index in [1.54, 1.807) is 6.21 Å². The highest BCUT2D eigenvalue weighted by Gasteiger charge is 2.05. The molecular weight excluding hydrogens is 441 g/mol. The van der Waals surface area contributed by atoms with E-state index in [9.17, 15) is 5.11 Å². The maximum Gasteiger partial charge on any atom is 0.137 e. The minimum Gasteiger partial charge on any atom is -0.506 e. The summed E-state index contributed by atoms with van der Waals surface area (Å²) in [5.74, 6) is 0.253. The maximum atomic E-state index is 10.1. The van der Waals surface area contributed by atoms with Crippen LogP contribution in [0.3, 0.4) is 0 Å². The number of fused-ring (bicyclic) bond motifs is 1. The number of phenolic OH excluding ortho intramolecular Hbond substituents is 1. The topological polar surface area (TPSA) is 32.6 Å². The van der Waals surface area contributed by atoms with Crippen LogP contribution in [-0.2, 0) is 0 Å². The fourth-order valence-electron chi connectivity index (χ4n) is 2.09. The molecule has 21 heavy (non-hydrogen) atoms. The number of nitrogens with zero attached hydrogens (tertiary/aromatic N) is 1. The summed E-state index contributed by atoms with van der Waals surface area (Å²) in [4.78, 5) is 4.46. The summed E-state index contributed by atoms with van der Waals surface area (Å²) in [6, 6.07) is 17.9. The Balaban J connectivity index is 1.98. The molecule has 104 valence electrons. The van der Waals surface area contributed by atoms with Crippen LogP contribution in [-0.4, -0.2) is 11.3 Å². The van der Waals surface area contributed by atoms with Gasteiger partial charge in [0, 0.05) is 16.3 Å². The van der Waals surface area contributed by atoms with Crippen molar-refractivity contribution in [1.82, 2.24) is 0 Å². The lowest BCUT2D eigenvalue weighted by Gasteiger charge is -2.03. The van der Waals surface area contributed by atoms with Crippen LogP contribution in [0.1, 0.15) is 5.56 Å². The number of phenols is 1. The molecule has 1 N–H and O–H groups in total. The number of aliphatic imine (C=N–C) groups is 1. The van der Waals surface area contributed by atoms with Crippen molar-refractivity contribution in [2.45, 2.75) is 0 Å². The fraction of sp³-hybridized carbons (Fsp3) is 0. The minimum atomic E-state index is 0.253. The Bertz CT molecular complexity index is 845. The van der Waals surface area contributed by atoms with Gasteiger partial charge in [0.2, 0.25) is 0 Å². The van der Waals surface area contributed by atoms with Gasteiger partial charge in [-0.3, -0.25) is 4.99 Å². The normalized spacial score (nSPS) is 11.3. The summed E-state index contributed by atoms with van der Waals surface area (Å²) >= 11 is 5.53. The minimum absolute atomic E-state index is 0.253. The first-order chi connectivity index (χ1) is 10.1. The standard InChI is InChI=1S/C17H11BrINO/c18-14-7-13(17(21)16(19)9-14)10-20-15-6-5-11-3-1-2-4-12(11)8-15/h1-10,21H. The zero-order valence-corrected chi connectivity index (χ0v) is 14.7. The van der Waals surface area contributed by atoms with Gasteiger partial charge in [-0.25, -0.2) is 0 Å². The van der Waals surface area contributed by atoms with Crippen LogP contribution < -0.4 is 0 Å². The van der Waals surface area contributed by atoms with Gasteiger partial charge >= 0.3 is 0 Å². The van der Waals surface area contributed by atoms with Crippen LogP contribution in [0.4, 0.5) is 5.69 Å². The van der Waals surface area contributed by atoms with Crippen molar-refractivity contribution < 1.29 is 5.11 Å². The van der Waals surface area contributed by atoms with Gasteiger partial charge in [0.05, 0.1) is 9.26 Å². The second-order valence-electron chi connectivity index (χ2n) is 4.62. The molecule has 0 radical (unpaired) electrons. The van der Waals surface area contributed by atoms with Crippen molar-refractivity contribution in [2.75, 3.05) is 0 Å². The van der Waals surface area contributed by atoms with E-state index in [2.05, 4.69) is 55.6 Å². The van der Waals surface area contributed by atoms with Gasteiger partial charge in [0.25, 0.3) is 0 Å². The number of aromatic hydroxyl groups is 1. The van der Waals surface area contributed by atoms with Crippen LogP contribution in [0.15, 0.2) is 64.1 Å². The van der Waals surface area contributed by atoms with Crippen molar-refractivity contribution in [3.8, 4) is 5.75 Å². The third-order valence-corrected chi connectivity index (χ3v) is 4.42. The van der Waals surface area contributed by atoms with Crippen molar-refractivity contribution in [2.24, 2.45) is 4.99 Å². The smallest absolute Gasteiger partial charge is 0.137 e. The van der Waals surface area contributed by atoms with Gasteiger partial charge in [-0.15, -0.1) is 0 Å². The Morgan fingerprint density at radius 3 is 2.57 bits per heavy atom. The number of hydrogen-bond donors (Lipinski definition) is 1. The molecule has 3 aromatic rings. The van der Waals surface area contributed by atoms with E-state index >= 15 is 0 Å². The zero-order chi connectivity index (χ0) is 14.8. The van der Waals surface area contributed by atoms with E-state index in [1.165, 1.54) is 5.39 Å². The first-order valence-corrected chi connectivity index (χ1v) is 8.21. The SMILES string of the molecule is Oc1c(I)cc(Br)cc1C=Nc1ccc2ccccc2c1. The predicted molar refractivity (Wildman–Crippen MR) is 99.7 cm³/mol. The molecule has 0 aromatic heterocycles. The Kier molecular flexibility index (Phi) is 4.26. The van der Waals surface area contributed by atoms with E-state index in [-0.39, 0.29) is 5.75 Å². The highest BCUT2D eigenvalue weighted by molar-refractivity contribution is 14.1. The molecule has 2 nitrogen and oxygen atoms in total. The van der Waals surface area contributed by atoms with Gasteiger partial charge in [0.15, 0.2) is 0 Å². The average Bonchev–Trinajstić information content (AvgIpc) is 2.49. The van der Waals surface area contributed by atoms with Gasteiger partial charge in [-0.1, -0.05) is 46.3 Å². The highest BCUT2D eigenvalue weighted by Crippen LogP contribution is 2.28. The Morgan fingerprint density at radius 2 is 1.76 bits per heavy atom. The molecule has 0 fully saturated rings. The summed E-state index contributed by atoms with van der Waals surface area (Å²) in [7, 11) is 0. The van der Waals surface area contributed by atoms with Gasteiger partial charge < -0.3 is 5.11 Å². The molecular formula is C17H11BrINO. The second kappa shape index (κ2) is 6.15. The van der Waals surface area contributed by atoms with E-state index in [1.807, 2.05) is 42.5 Å². The molecule has 0 aliphatic rings. The van der Waals surface area contributed by atoms with Crippen LogP contribution in [0.2, 0.25) is 0 Å². The summed E-state index contributed by atoms with van der Waals surface area (Å²) in [5, 5.41) is 12.4. The van der Waals surface area contributed by atoms with Gasteiger partial charge in [-0.05, 0) is 57.6 Å². The highest BCUT2D eigenvalue weighted by atomic mass is 127. The quantitative estimate of drug-likeness (QED) is 0.395. The molecule has 0 bridgehead atoms. The third-order valence-electron chi connectivity index (χ3n) is 3.14. The third kappa shape index (κ3) is 3.27. The number of hydrogen-bond acceptors (Lipinski definition) is 2. The molecule has 0 amide bonds. The average molecular weight is 452 g/mol. The number of benzene rings is 3. The van der Waals surface area contributed by atoms with Crippen LogP contribution in [0.25, 0.3) is 10.8 Å². The lowest BCUT2D eigenvalue weighted by molar-refractivity contribution is 0.470. The lowest BCUT2D eigenvalue weighted by Crippen LogP contribution is -1.86. The zero-order valence-electron chi connectivity index (χ0n) is 10.9. The molecule has 3 rings (SSSR count). The van der Waals surface area contributed by atoms with Crippen LogP contribution >= 0.6 is 38.5 Å². The Labute approximate surface area is 144 Å². The number of halogens is 2. The molecule has 4 heteroatoms. The van der Waals surface area contributed by atoms with Crippen molar-refractivity contribution in [3.05, 3.63) is 68.2 Å². The number of rotatable bonds is 2. The van der Waals surface area contributed by atoms with Gasteiger partial charge in [0.1, 0.15) is 5.75 Å². The fourth-order valence-corrected chi connectivity index (χ4v) is 3.64. The first kappa shape index (κ1) is 14.5. The molecule has 0 aliphatic carbocycles. The molecule has 0 aliphatic heterocycles. The van der Waals surface area contributed by atoms with E-state index < -0.39 is 0 Å². The van der Waals surface area contributed by atoms with E-state index in [0.717, 1.165) is 19.1 Å².